The number of morpholine rings is 1. The molecular formula is C24H31N3O3. The van der Waals surface area contributed by atoms with E-state index in [1.807, 2.05) is 36.4 Å². The Kier molecular flexibility index (Phi) is 6.35. The summed E-state index contributed by atoms with van der Waals surface area (Å²) < 4.78 is 5.85. The zero-order valence-corrected chi connectivity index (χ0v) is 17.8. The highest BCUT2D eigenvalue weighted by molar-refractivity contribution is 6.08. The summed E-state index contributed by atoms with van der Waals surface area (Å²) in [5.41, 5.74) is 1.08. The highest BCUT2D eigenvalue weighted by atomic mass is 16.5. The number of anilines is 1. The average molecular weight is 410 g/mol. The molecule has 0 aromatic heterocycles. The molecule has 1 saturated carbocycles. The highest BCUT2D eigenvalue weighted by Crippen LogP contribution is 2.32. The van der Waals surface area contributed by atoms with Gasteiger partial charge in [-0.3, -0.25) is 14.5 Å². The topological polar surface area (TPSA) is 70.7 Å². The molecule has 2 aromatic rings. The van der Waals surface area contributed by atoms with Crippen LogP contribution in [0.5, 0.6) is 0 Å². The number of carbonyl (C=O) groups excluding carboxylic acids is 2. The first kappa shape index (κ1) is 20.8. The van der Waals surface area contributed by atoms with Crippen LogP contribution in [0.15, 0.2) is 36.4 Å². The number of rotatable bonds is 7. The molecule has 0 unspecified atom stereocenters. The first-order chi connectivity index (χ1) is 14.5. The summed E-state index contributed by atoms with van der Waals surface area (Å²) in [5.74, 6) is 0.499. The molecule has 1 heterocycles. The number of nitrogens with one attached hydrogen (secondary N) is 2. The standard InChI is InChI=1S/C24H31N3O3/c1-16(2)14-27-9-10-30-20(15-27)13-25-24(29)21-11-18-5-3-4-6-19(18)12-22(21)26-23(28)17-7-8-17/h3-6,11-12,16-17,20H,7-10,13-15H2,1-2H3,(H,25,29)(H,26,28)/t20-/m0/s1. The van der Waals surface area contributed by atoms with Gasteiger partial charge in [0.1, 0.15) is 0 Å². The Morgan fingerprint density at radius 2 is 1.90 bits per heavy atom. The van der Waals surface area contributed by atoms with Crippen LogP contribution in [0.4, 0.5) is 5.69 Å². The minimum atomic E-state index is -0.184. The van der Waals surface area contributed by atoms with E-state index in [2.05, 4.69) is 29.4 Å². The largest absolute Gasteiger partial charge is 0.374 e. The fourth-order valence-electron chi connectivity index (χ4n) is 4.00. The molecule has 2 fully saturated rings. The summed E-state index contributed by atoms with van der Waals surface area (Å²) in [7, 11) is 0. The Hall–Kier alpha value is -2.44. The normalized spacial score (nSPS) is 19.8. The lowest BCUT2D eigenvalue weighted by Crippen LogP contribution is -2.48. The summed E-state index contributed by atoms with van der Waals surface area (Å²) in [4.78, 5) is 27.8. The predicted molar refractivity (Wildman–Crippen MR) is 119 cm³/mol. The molecule has 6 nitrogen and oxygen atoms in total. The van der Waals surface area contributed by atoms with E-state index in [1.165, 1.54) is 0 Å². The second-order valence-electron chi connectivity index (χ2n) is 8.86. The number of hydrogen-bond acceptors (Lipinski definition) is 4. The third-order valence-electron chi connectivity index (χ3n) is 5.67. The van der Waals surface area contributed by atoms with E-state index in [4.69, 9.17) is 4.74 Å². The maximum Gasteiger partial charge on any atom is 0.253 e. The van der Waals surface area contributed by atoms with Crippen LogP contribution in [-0.4, -0.2) is 55.6 Å². The maximum absolute atomic E-state index is 13.0. The molecule has 1 aliphatic heterocycles. The van der Waals surface area contributed by atoms with E-state index < -0.39 is 0 Å². The fraction of sp³-hybridized carbons (Fsp3) is 0.500. The molecular weight excluding hydrogens is 378 g/mol. The molecule has 0 bridgehead atoms. The molecule has 160 valence electrons. The summed E-state index contributed by atoms with van der Waals surface area (Å²) in [6.07, 6.45) is 1.83. The van der Waals surface area contributed by atoms with Crippen molar-refractivity contribution in [2.24, 2.45) is 11.8 Å². The molecule has 1 atom stereocenters. The lowest BCUT2D eigenvalue weighted by atomic mass is 10.0. The minimum Gasteiger partial charge on any atom is -0.374 e. The number of hydrogen-bond donors (Lipinski definition) is 2. The van der Waals surface area contributed by atoms with E-state index in [1.54, 1.807) is 0 Å². The summed E-state index contributed by atoms with van der Waals surface area (Å²) in [6, 6.07) is 11.6. The minimum absolute atomic E-state index is 0.000674. The van der Waals surface area contributed by atoms with Gasteiger partial charge in [0, 0.05) is 32.1 Å². The number of benzene rings is 2. The van der Waals surface area contributed by atoms with Crippen LogP contribution in [0, 0.1) is 11.8 Å². The third-order valence-corrected chi connectivity index (χ3v) is 5.67. The van der Waals surface area contributed by atoms with Crippen molar-refractivity contribution < 1.29 is 14.3 Å². The average Bonchev–Trinajstić information content (AvgIpc) is 3.57. The van der Waals surface area contributed by atoms with Crippen LogP contribution in [0.1, 0.15) is 37.0 Å². The van der Waals surface area contributed by atoms with Gasteiger partial charge in [0.05, 0.1) is 24.0 Å². The third kappa shape index (κ3) is 5.18. The number of fused-ring (bicyclic) bond motifs is 1. The summed E-state index contributed by atoms with van der Waals surface area (Å²) in [5, 5.41) is 7.97. The lowest BCUT2D eigenvalue weighted by Gasteiger charge is -2.34. The number of nitrogens with zero attached hydrogens (tertiary/aromatic N) is 1. The fourth-order valence-corrected chi connectivity index (χ4v) is 4.00. The Bertz CT molecular complexity index is 923. The van der Waals surface area contributed by atoms with Crippen molar-refractivity contribution in [1.29, 1.82) is 0 Å². The van der Waals surface area contributed by atoms with E-state index in [0.717, 1.165) is 43.2 Å². The lowest BCUT2D eigenvalue weighted by molar-refractivity contribution is -0.117. The van der Waals surface area contributed by atoms with Gasteiger partial charge in [-0.1, -0.05) is 38.1 Å². The Balaban J connectivity index is 1.46. The van der Waals surface area contributed by atoms with Crippen molar-refractivity contribution in [3.05, 3.63) is 42.0 Å². The van der Waals surface area contributed by atoms with Gasteiger partial charge in [0.15, 0.2) is 0 Å². The maximum atomic E-state index is 13.0. The zero-order chi connectivity index (χ0) is 21.1. The molecule has 2 aromatic carbocycles. The smallest absolute Gasteiger partial charge is 0.253 e. The van der Waals surface area contributed by atoms with Crippen molar-refractivity contribution in [1.82, 2.24) is 10.2 Å². The first-order valence-corrected chi connectivity index (χ1v) is 11.0. The van der Waals surface area contributed by atoms with Gasteiger partial charge in [0.2, 0.25) is 5.91 Å². The van der Waals surface area contributed by atoms with Crippen molar-refractivity contribution in [3.63, 3.8) is 0 Å². The van der Waals surface area contributed by atoms with Gasteiger partial charge >= 0.3 is 0 Å². The Morgan fingerprint density at radius 3 is 2.60 bits per heavy atom. The van der Waals surface area contributed by atoms with E-state index in [9.17, 15) is 9.59 Å². The molecule has 2 aliphatic rings. The van der Waals surface area contributed by atoms with Crippen molar-refractivity contribution in [2.75, 3.05) is 38.1 Å². The number of amides is 2. The van der Waals surface area contributed by atoms with E-state index in [-0.39, 0.29) is 23.8 Å². The summed E-state index contributed by atoms with van der Waals surface area (Å²) in [6.45, 7) is 8.36. The van der Waals surface area contributed by atoms with Gasteiger partial charge in [-0.05, 0) is 41.7 Å². The van der Waals surface area contributed by atoms with Crippen molar-refractivity contribution in [2.45, 2.75) is 32.8 Å². The molecule has 4 rings (SSSR count). The molecule has 0 radical (unpaired) electrons. The quantitative estimate of drug-likeness (QED) is 0.736. The first-order valence-electron chi connectivity index (χ1n) is 11.0. The van der Waals surface area contributed by atoms with Gasteiger partial charge in [-0.25, -0.2) is 0 Å². The number of carbonyl (C=O) groups is 2. The molecule has 6 heteroatoms. The Labute approximate surface area is 178 Å². The summed E-state index contributed by atoms with van der Waals surface area (Å²) >= 11 is 0. The van der Waals surface area contributed by atoms with Gasteiger partial charge in [0.25, 0.3) is 5.91 Å². The zero-order valence-electron chi connectivity index (χ0n) is 17.8. The second-order valence-corrected chi connectivity index (χ2v) is 8.86. The molecule has 0 spiro atoms. The van der Waals surface area contributed by atoms with Crippen LogP contribution in [0.3, 0.4) is 0 Å². The van der Waals surface area contributed by atoms with Gasteiger partial charge in [-0.15, -0.1) is 0 Å². The van der Waals surface area contributed by atoms with Crippen molar-refractivity contribution in [3.8, 4) is 0 Å². The SMILES string of the molecule is CC(C)CN1CCO[C@@H](CNC(=O)c2cc3ccccc3cc2NC(=O)C2CC2)C1. The molecule has 30 heavy (non-hydrogen) atoms. The second kappa shape index (κ2) is 9.14. The number of ether oxygens (including phenoxy) is 1. The van der Waals surface area contributed by atoms with Crippen LogP contribution < -0.4 is 10.6 Å². The molecule has 1 saturated heterocycles. The van der Waals surface area contributed by atoms with Gasteiger partial charge < -0.3 is 15.4 Å². The van der Waals surface area contributed by atoms with E-state index >= 15 is 0 Å². The van der Waals surface area contributed by atoms with E-state index in [0.29, 0.717) is 30.3 Å². The van der Waals surface area contributed by atoms with Crippen LogP contribution in [0.25, 0.3) is 10.8 Å². The van der Waals surface area contributed by atoms with Crippen molar-refractivity contribution >= 4 is 28.3 Å². The van der Waals surface area contributed by atoms with Gasteiger partial charge in [-0.2, -0.15) is 0 Å². The molecule has 2 amide bonds. The molecule has 1 aliphatic carbocycles. The van der Waals surface area contributed by atoms with Crippen LogP contribution >= 0.6 is 0 Å². The Morgan fingerprint density at radius 1 is 1.17 bits per heavy atom. The molecule has 2 N–H and O–H groups in total. The van der Waals surface area contributed by atoms with Crippen LogP contribution in [-0.2, 0) is 9.53 Å². The predicted octanol–water partition coefficient (Wildman–Crippen LogP) is 3.27. The van der Waals surface area contributed by atoms with Crippen LogP contribution in [0.2, 0.25) is 0 Å². The highest BCUT2D eigenvalue weighted by Gasteiger charge is 2.30. The monoisotopic (exact) mass is 409 g/mol.